The van der Waals surface area contributed by atoms with E-state index in [4.69, 9.17) is 16.3 Å². The lowest BCUT2D eigenvalue weighted by Gasteiger charge is -2.23. The van der Waals surface area contributed by atoms with Crippen molar-refractivity contribution in [3.05, 3.63) is 89.4 Å². The highest BCUT2D eigenvalue weighted by Crippen LogP contribution is 2.25. The SMILES string of the molecule is CC(C)C(Nc1ccc(Cl)cc1)C(=O)OC(C#N)c1cccc(Nc2ccccc2)c1. The van der Waals surface area contributed by atoms with Crippen LogP contribution in [0, 0.1) is 17.2 Å². The number of carbonyl (C=O) groups excluding carboxylic acids is 1. The van der Waals surface area contributed by atoms with E-state index in [9.17, 15) is 10.1 Å². The molecule has 0 bridgehead atoms. The average Bonchev–Trinajstić information content (AvgIpc) is 2.77. The molecule has 0 aliphatic rings. The molecule has 3 rings (SSSR count). The van der Waals surface area contributed by atoms with Crippen LogP contribution in [0.25, 0.3) is 0 Å². The summed E-state index contributed by atoms with van der Waals surface area (Å²) in [4.78, 5) is 12.9. The Bertz CT molecular complexity index is 1050. The topological polar surface area (TPSA) is 74.1 Å². The molecule has 0 radical (unpaired) electrons. The van der Waals surface area contributed by atoms with Crippen LogP contribution in [0.2, 0.25) is 5.02 Å². The van der Waals surface area contributed by atoms with Crippen LogP contribution in [0.15, 0.2) is 78.9 Å². The van der Waals surface area contributed by atoms with E-state index < -0.39 is 18.1 Å². The van der Waals surface area contributed by atoms with E-state index in [-0.39, 0.29) is 5.92 Å². The van der Waals surface area contributed by atoms with E-state index in [2.05, 4.69) is 16.7 Å². The second-order valence-electron chi connectivity index (χ2n) is 7.44. The maximum Gasteiger partial charge on any atom is 0.330 e. The Kier molecular flexibility index (Phi) is 7.53. The minimum absolute atomic E-state index is 0.0476. The molecule has 2 unspecified atom stereocenters. The van der Waals surface area contributed by atoms with E-state index in [0.717, 1.165) is 17.1 Å². The van der Waals surface area contributed by atoms with Gasteiger partial charge in [0.2, 0.25) is 6.10 Å². The first-order valence-electron chi connectivity index (χ1n) is 10.0. The highest BCUT2D eigenvalue weighted by Gasteiger charge is 2.27. The zero-order valence-electron chi connectivity index (χ0n) is 17.4. The van der Waals surface area contributed by atoms with Gasteiger partial charge >= 0.3 is 5.97 Å². The van der Waals surface area contributed by atoms with Crippen LogP contribution in [0.4, 0.5) is 17.1 Å². The number of rotatable bonds is 8. The first-order chi connectivity index (χ1) is 15.0. The maximum atomic E-state index is 12.9. The minimum atomic E-state index is -1.02. The molecule has 0 saturated carbocycles. The standard InChI is InChI=1S/C25H24ClN3O2/c1-17(2)24(29-21-13-11-19(26)12-14-21)25(30)31-23(16-27)18-7-6-10-22(15-18)28-20-8-4-3-5-9-20/h3-15,17,23-24,28-29H,1-2H3. The number of hydrogen-bond acceptors (Lipinski definition) is 5. The molecule has 3 aromatic rings. The summed E-state index contributed by atoms with van der Waals surface area (Å²) in [5.41, 5.74) is 3.09. The van der Waals surface area contributed by atoms with Gasteiger partial charge in [0.15, 0.2) is 0 Å². The molecule has 0 heterocycles. The van der Waals surface area contributed by atoms with Gasteiger partial charge in [-0.25, -0.2) is 4.79 Å². The van der Waals surface area contributed by atoms with Crippen LogP contribution in [0.1, 0.15) is 25.5 Å². The molecule has 31 heavy (non-hydrogen) atoms. The molecule has 0 aromatic heterocycles. The van der Waals surface area contributed by atoms with Crippen molar-refractivity contribution in [1.82, 2.24) is 0 Å². The molecule has 6 heteroatoms. The Labute approximate surface area is 187 Å². The molecule has 5 nitrogen and oxygen atoms in total. The Morgan fingerprint density at radius 2 is 1.61 bits per heavy atom. The number of nitrogens with one attached hydrogen (secondary N) is 2. The highest BCUT2D eigenvalue weighted by molar-refractivity contribution is 6.30. The molecule has 158 valence electrons. The van der Waals surface area contributed by atoms with Gasteiger partial charge in [0.25, 0.3) is 0 Å². The number of benzene rings is 3. The van der Waals surface area contributed by atoms with Crippen molar-refractivity contribution in [2.45, 2.75) is 26.0 Å². The Hall–Kier alpha value is -3.49. The van der Waals surface area contributed by atoms with Crippen molar-refractivity contribution < 1.29 is 9.53 Å². The zero-order valence-corrected chi connectivity index (χ0v) is 18.1. The molecule has 3 aromatic carbocycles. The van der Waals surface area contributed by atoms with Crippen LogP contribution < -0.4 is 10.6 Å². The number of hydrogen-bond donors (Lipinski definition) is 2. The predicted octanol–water partition coefficient (Wildman–Crippen LogP) is 6.33. The molecular weight excluding hydrogens is 410 g/mol. The number of nitriles is 1. The molecule has 0 amide bonds. The van der Waals surface area contributed by atoms with E-state index in [1.807, 2.05) is 62.4 Å². The van der Waals surface area contributed by atoms with E-state index in [1.165, 1.54) is 0 Å². The molecule has 0 fully saturated rings. The van der Waals surface area contributed by atoms with Crippen LogP contribution >= 0.6 is 11.6 Å². The molecule has 2 atom stereocenters. The van der Waals surface area contributed by atoms with Gasteiger partial charge < -0.3 is 15.4 Å². The smallest absolute Gasteiger partial charge is 0.330 e. The lowest BCUT2D eigenvalue weighted by molar-refractivity contribution is -0.148. The van der Waals surface area contributed by atoms with Gasteiger partial charge in [-0.05, 0) is 54.4 Å². The number of nitrogens with zero attached hydrogens (tertiary/aromatic N) is 1. The first-order valence-corrected chi connectivity index (χ1v) is 10.4. The van der Waals surface area contributed by atoms with Crippen molar-refractivity contribution in [3.8, 4) is 6.07 Å². The molecular formula is C25H24ClN3O2. The van der Waals surface area contributed by atoms with Gasteiger partial charge in [-0.3, -0.25) is 0 Å². The zero-order chi connectivity index (χ0) is 22.2. The van der Waals surface area contributed by atoms with Gasteiger partial charge in [0, 0.05) is 27.6 Å². The Morgan fingerprint density at radius 3 is 2.26 bits per heavy atom. The summed E-state index contributed by atoms with van der Waals surface area (Å²) in [5.74, 6) is -0.536. The number of para-hydroxylation sites is 1. The fourth-order valence-corrected chi connectivity index (χ4v) is 3.18. The number of esters is 1. The third kappa shape index (κ3) is 6.24. The quantitative estimate of drug-likeness (QED) is 0.406. The summed E-state index contributed by atoms with van der Waals surface area (Å²) >= 11 is 5.93. The maximum absolute atomic E-state index is 12.9. The van der Waals surface area contributed by atoms with Gasteiger partial charge in [-0.15, -0.1) is 0 Å². The normalized spacial score (nSPS) is 12.5. The van der Waals surface area contributed by atoms with Crippen molar-refractivity contribution in [3.63, 3.8) is 0 Å². The molecule has 0 aliphatic heterocycles. The van der Waals surface area contributed by atoms with Crippen LogP contribution in [0.3, 0.4) is 0 Å². The predicted molar refractivity (Wildman–Crippen MR) is 124 cm³/mol. The van der Waals surface area contributed by atoms with Crippen LogP contribution in [-0.2, 0) is 9.53 Å². The lowest BCUT2D eigenvalue weighted by Crippen LogP contribution is -2.36. The summed E-state index contributed by atoms with van der Waals surface area (Å²) < 4.78 is 5.59. The van der Waals surface area contributed by atoms with E-state index in [1.54, 1.807) is 30.3 Å². The Balaban J connectivity index is 1.73. The van der Waals surface area contributed by atoms with Crippen molar-refractivity contribution >= 4 is 34.6 Å². The molecule has 0 saturated heterocycles. The summed E-state index contributed by atoms with van der Waals surface area (Å²) in [5, 5.41) is 16.7. The van der Waals surface area contributed by atoms with Gasteiger partial charge in [-0.2, -0.15) is 5.26 Å². The third-order valence-electron chi connectivity index (χ3n) is 4.69. The fourth-order valence-electron chi connectivity index (χ4n) is 3.05. The number of halogens is 1. The lowest BCUT2D eigenvalue weighted by atomic mass is 10.0. The van der Waals surface area contributed by atoms with E-state index in [0.29, 0.717) is 10.6 Å². The summed E-state index contributed by atoms with van der Waals surface area (Å²) in [6, 6.07) is 25.6. The largest absolute Gasteiger partial charge is 0.440 e. The summed E-state index contributed by atoms with van der Waals surface area (Å²) in [6.45, 7) is 3.83. The van der Waals surface area contributed by atoms with Crippen molar-refractivity contribution in [2.24, 2.45) is 5.92 Å². The third-order valence-corrected chi connectivity index (χ3v) is 4.94. The van der Waals surface area contributed by atoms with Gasteiger partial charge in [-0.1, -0.05) is 55.8 Å². The summed E-state index contributed by atoms with van der Waals surface area (Å²) in [6.07, 6.45) is -1.02. The van der Waals surface area contributed by atoms with Crippen molar-refractivity contribution in [1.29, 1.82) is 5.26 Å². The Morgan fingerprint density at radius 1 is 0.935 bits per heavy atom. The molecule has 0 spiro atoms. The molecule has 0 aliphatic carbocycles. The average molecular weight is 434 g/mol. The monoisotopic (exact) mass is 433 g/mol. The van der Waals surface area contributed by atoms with Gasteiger partial charge in [0.05, 0.1) is 0 Å². The van der Waals surface area contributed by atoms with Crippen LogP contribution in [0.5, 0.6) is 0 Å². The second-order valence-corrected chi connectivity index (χ2v) is 7.87. The van der Waals surface area contributed by atoms with Crippen LogP contribution in [-0.4, -0.2) is 12.0 Å². The number of carbonyl (C=O) groups is 1. The summed E-state index contributed by atoms with van der Waals surface area (Å²) in [7, 11) is 0. The second kappa shape index (κ2) is 10.5. The highest BCUT2D eigenvalue weighted by atomic mass is 35.5. The first kappa shape index (κ1) is 22.2. The number of ether oxygens (including phenoxy) is 1. The van der Waals surface area contributed by atoms with Gasteiger partial charge in [0.1, 0.15) is 12.1 Å². The molecule has 2 N–H and O–H groups in total. The van der Waals surface area contributed by atoms with Crippen molar-refractivity contribution in [2.75, 3.05) is 10.6 Å². The fraction of sp³-hybridized carbons (Fsp3) is 0.200. The minimum Gasteiger partial charge on any atom is -0.440 e. The van der Waals surface area contributed by atoms with E-state index >= 15 is 0 Å². The number of anilines is 3.